The number of hydrogen-bond acceptors (Lipinski definition) is 8. The molecule has 1 saturated heterocycles. The van der Waals surface area contributed by atoms with Gasteiger partial charge in [0.05, 0.1) is 17.7 Å². The molecule has 0 aliphatic carbocycles. The van der Waals surface area contributed by atoms with Gasteiger partial charge in [0, 0.05) is 38.9 Å². The van der Waals surface area contributed by atoms with Gasteiger partial charge in [0.25, 0.3) is 0 Å². The Labute approximate surface area is 291 Å². The molecule has 9 nitrogen and oxygen atoms in total. The van der Waals surface area contributed by atoms with Gasteiger partial charge in [-0.05, 0) is 121 Å². The van der Waals surface area contributed by atoms with Crippen LogP contribution in [-0.2, 0) is 38.5 Å². The van der Waals surface area contributed by atoms with Crippen molar-refractivity contribution in [2.45, 2.75) is 98.6 Å². The minimum absolute atomic E-state index is 0.213. The van der Waals surface area contributed by atoms with E-state index < -0.39 is 11.2 Å². The average Bonchev–Trinajstić information content (AvgIpc) is 3.26. The number of carbonyl (C=O) groups is 2. The summed E-state index contributed by atoms with van der Waals surface area (Å²) in [6.07, 6.45) is 1.65. The Balaban J connectivity index is 1.30. The summed E-state index contributed by atoms with van der Waals surface area (Å²) in [6.45, 7) is 18.5. The summed E-state index contributed by atoms with van der Waals surface area (Å²) in [7, 11) is 1.65. The first-order valence-corrected chi connectivity index (χ1v) is 17.4. The fraction of sp³-hybridized carbons (Fsp3) is 0.525. The summed E-state index contributed by atoms with van der Waals surface area (Å²) in [6, 6.07) is 16.6. The molecule has 1 amide bonds. The van der Waals surface area contributed by atoms with Gasteiger partial charge in [-0.15, -0.1) is 0 Å². The van der Waals surface area contributed by atoms with E-state index in [1.807, 2.05) is 70.7 Å². The number of amides is 1. The van der Waals surface area contributed by atoms with Crippen molar-refractivity contribution in [2.24, 2.45) is 5.92 Å². The molecule has 1 aromatic heterocycles. The fourth-order valence-corrected chi connectivity index (χ4v) is 6.61. The molecule has 2 aliphatic rings. The van der Waals surface area contributed by atoms with Gasteiger partial charge in [-0.2, -0.15) is 0 Å². The van der Waals surface area contributed by atoms with Crippen molar-refractivity contribution < 1.29 is 28.5 Å². The first-order chi connectivity index (χ1) is 23.1. The van der Waals surface area contributed by atoms with Crippen LogP contribution < -0.4 is 9.64 Å². The number of methoxy groups -OCH3 is 1. The zero-order valence-electron chi connectivity index (χ0n) is 30.7. The SMILES string of the molecule is CO[C@@H]1CN(c2cccc(-c3cc(C)ccc3OCc3ccc4c(c3C)CCN(C(=O)OC(C)(C)C)CC4)n2)CC[C@@H]1C(=O)OC(C)(C)C. The van der Waals surface area contributed by atoms with E-state index in [2.05, 4.69) is 43.0 Å². The van der Waals surface area contributed by atoms with Crippen LogP contribution in [0.2, 0.25) is 0 Å². The minimum atomic E-state index is -0.543. The van der Waals surface area contributed by atoms with Crippen molar-refractivity contribution >= 4 is 17.9 Å². The summed E-state index contributed by atoms with van der Waals surface area (Å²) in [4.78, 5) is 34.8. The van der Waals surface area contributed by atoms with E-state index in [1.54, 1.807) is 7.11 Å². The van der Waals surface area contributed by atoms with Crippen molar-refractivity contribution in [3.63, 3.8) is 0 Å². The Kier molecular flexibility index (Phi) is 10.9. The van der Waals surface area contributed by atoms with Crippen molar-refractivity contribution in [3.8, 4) is 17.0 Å². The molecule has 0 unspecified atom stereocenters. The van der Waals surface area contributed by atoms with Crippen molar-refractivity contribution in [1.82, 2.24) is 9.88 Å². The van der Waals surface area contributed by atoms with Gasteiger partial charge in [0.1, 0.15) is 29.4 Å². The lowest BCUT2D eigenvalue weighted by atomic mass is 9.93. The molecule has 2 atom stereocenters. The van der Waals surface area contributed by atoms with Crippen LogP contribution in [0.5, 0.6) is 5.75 Å². The summed E-state index contributed by atoms with van der Waals surface area (Å²) in [5.74, 6) is 1.06. The maximum Gasteiger partial charge on any atom is 0.410 e. The average molecular weight is 672 g/mol. The largest absolute Gasteiger partial charge is 0.488 e. The zero-order valence-corrected chi connectivity index (χ0v) is 30.7. The van der Waals surface area contributed by atoms with E-state index in [1.165, 1.54) is 16.7 Å². The lowest BCUT2D eigenvalue weighted by Crippen LogP contribution is -2.49. The van der Waals surface area contributed by atoms with Crippen LogP contribution in [0.1, 0.15) is 75.8 Å². The smallest absolute Gasteiger partial charge is 0.410 e. The molecule has 49 heavy (non-hydrogen) atoms. The highest BCUT2D eigenvalue weighted by Crippen LogP contribution is 2.34. The number of piperidine rings is 1. The lowest BCUT2D eigenvalue weighted by molar-refractivity contribution is -0.165. The van der Waals surface area contributed by atoms with Gasteiger partial charge in [0.2, 0.25) is 0 Å². The number of esters is 1. The highest BCUT2D eigenvalue weighted by atomic mass is 16.6. The van der Waals surface area contributed by atoms with Gasteiger partial charge in [-0.1, -0.05) is 29.8 Å². The van der Waals surface area contributed by atoms with E-state index in [9.17, 15) is 9.59 Å². The first-order valence-electron chi connectivity index (χ1n) is 17.4. The summed E-state index contributed by atoms with van der Waals surface area (Å²) >= 11 is 0. The van der Waals surface area contributed by atoms with Crippen molar-refractivity contribution in [3.05, 3.63) is 76.3 Å². The van der Waals surface area contributed by atoms with Crippen LogP contribution in [0.3, 0.4) is 0 Å². The van der Waals surface area contributed by atoms with Gasteiger partial charge in [-0.25, -0.2) is 9.78 Å². The number of ether oxygens (including phenoxy) is 4. The number of aryl methyl sites for hydroxylation is 1. The molecule has 3 aromatic rings. The molecule has 1 fully saturated rings. The van der Waals surface area contributed by atoms with Gasteiger partial charge >= 0.3 is 12.1 Å². The molecule has 9 heteroatoms. The number of nitrogens with zero attached hydrogens (tertiary/aromatic N) is 3. The van der Waals surface area contributed by atoms with Gasteiger partial charge in [0.15, 0.2) is 0 Å². The molecule has 0 radical (unpaired) electrons. The number of rotatable bonds is 7. The maximum atomic E-state index is 12.9. The number of benzene rings is 2. The van der Waals surface area contributed by atoms with Crippen molar-refractivity contribution in [2.75, 3.05) is 38.2 Å². The predicted octanol–water partition coefficient (Wildman–Crippen LogP) is 7.46. The molecule has 0 bridgehead atoms. The molecule has 0 N–H and O–H groups in total. The third-order valence-corrected chi connectivity index (χ3v) is 9.17. The molecule has 3 heterocycles. The van der Waals surface area contributed by atoms with Crippen LogP contribution in [0.4, 0.5) is 10.6 Å². The summed E-state index contributed by atoms with van der Waals surface area (Å²) in [5, 5.41) is 0. The van der Waals surface area contributed by atoms with Crippen LogP contribution in [-0.4, -0.2) is 72.5 Å². The van der Waals surface area contributed by atoms with Crippen LogP contribution >= 0.6 is 0 Å². The van der Waals surface area contributed by atoms with Gasteiger partial charge < -0.3 is 28.7 Å². The predicted molar refractivity (Wildman–Crippen MR) is 192 cm³/mol. The topological polar surface area (TPSA) is 90.4 Å². The van der Waals surface area contributed by atoms with E-state index in [-0.39, 0.29) is 24.1 Å². The summed E-state index contributed by atoms with van der Waals surface area (Å²) < 4.78 is 23.7. The van der Waals surface area contributed by atoms with Crippen molar-refractivity contribution in [1.29, 1.82) is 0 Å². The second-order valence-electron chi connectivity index (χ2n) is 15.3. The highest BCUT2D eigenvalue weighted by molar-refractivity contribution is 5.74. The molecule has 0 spiro atoms. The Hall–Kier alpha value is -4.11. The number of fused-ring (bicyclic) bond motifs is 1. The normalized spacial score (nSPS) is 18.4. The molecular weight excluding hydrogens is 618 g/mol. The zero-order chi connectivity index (χ0) is 35.5. The second kappa shape index (κ2) is 14.8. The number of carbonyl (C=O) groups excluding carboxylic acids is 2. The molecular formula is C40H53N3O6. The maximum absolute atomic E-state index is 12.9. The molecule has 2 aliphatic heterocycles. The third kappa shape index (κ3) is 9.12. The van der Waals surface area contributed by atoms with E-state index in [0.29, 0.717) is 39.2 Å². The fourth-order valence-electron chi connectivity index (χ4n) is 6.61. The molecule has 0 saturated carbocycles. The molecule has 2 aromatic carbocycles. The number of aromatic nitrogens is 1. The van der Waals surface area contributed by atoms with Crippen LogP contribution in [0.25, 0.3) is 11.3 Å². The Bertz CT molecular complexity index is 1660. The van der Waals surface area contributed by atoms with E-state index >= 15 is 0 Å². The number of pyridine rings is 1. The molecule has 5 rings (SSSR count). The van der Waals surface area contributed by atoms with Crippen LogP contribution in [0, 0.1) is 19.8 Å². The molecule has 264 valence electrons. The third-order valence-electron chi connectivity index (χ3n) is 9.17. The Morgan fingerprint density at radius 2 is 1.63 bits per heavy atom. The summed E-state index contributed by atoms with van der Waals surface area (Å²) in [5.41, 5.74) is 6.69. The minimum Gasteiger partial charge on any atom is -0.488 e. The monoisotopic (exact) mass is 671 g/mol. The Morgan fingerprint density at radius 1 is 0.898 bits per heavy atom. The van der Waals surface area contributed by atoms with Crippen LogP contribution in [0.15, 0.2) is 48.5 Å². The quantitative estimate of drug-likeness (QED) is 0.239. The van der Waals surface area contributed by atoms with E-state index in [4.69, 9.17) is 23.9 Å². The highest BCUT2D eigenvalue weighted by Gasteiger charge is 2.37. The van der Waals surface area contributed by atoms with Gasteiger partial charge in [-0.3, -0.25) is 4.79 Å². The first kappa shape index (κ1) is 36.2. The number of hydrogen-bond donors (Lipinski definition) is 0. The second-order valence-corrected chi connectivity index (χ2v) is 15.3. The lowest BCUT2D eigenvalue weighted by Gasteiger charge is -2.38. The number of anilines is 1. The standard InChI is InChI=1S/C40H53N3O6/c1-26-13-16-34(47-25-29-15-14-28-17-20-42(21-18-30(28)27(29)2)38(45)49-40(6,7)8)32(23-26)33-11-10-12-36(41-33)43-22-19-31(35(24-43)46-9)37(44)48-39(3,4)5/h10-16,23,31,35H,17-22,24-25H2,1-9H3/t31-,35+/m0/s1. The van der Waals surface area contributed by atoms with E-state index in [0.717, 1.165) is 46.8 Å². The Morgan fingerprint density at radius 3 is 2.35 bits per heavy atom.